The number of imidazole rings is 1. The van der Waals surface area contributed by atoms with E-state index in [0.29, 0.717) is 12.2 Å². The van der Waals surface area contributed by atoms with Gasteiger partial charge in [0, 0.05) is 12.1 Å². The van der Waals surface area contributed by atoms with Crippen molar-refractivity contribution in [2.45, 2.75) is 44.3 Å². The van der Waals surface area contributed by atoms with Crippen molar-refractivity contribution in [1.82, 2.24) is 14.5 Å². The standard InChI is InChI=1S/C30H32FN3O3S/c1-23(2)19-33(29(35)17-24-11-5-3-6-12-24)21-27-18-32-30(34(27)20-25-13-7-4-8-14-25)38(36,37)22-26-15-9-10-16-28(26)31/h3-16,18,23H,17,19-22H2,1-2H3. The van der Waals surface area contributed by atoms with Gasteiger partial charge >= 0.3 is 0 Å². The van der Waals surface area contributed by atoms with Crippen molar-refractivity contribution in [3.05, 3.63) is 119 Å². The van der Waals surface area contributed by atoms with Crippen molar-refractivity contribution in [3.63, 3.8) is 0 Å². The van der Waals surface area contributed by atoms with Gasteiger partial charge in [-0.25, -0.2) is 17.8 Å². The smallest absolute Gasteiger partial charge is 0.228 e. The highest BCUT2D eigenvalue weighted by Gasteiger charge is 2.27. The van der Waals surface area contributed by atoms with Crippen LogP contribution >= 0.6 is 0 Å². The van der Waals surface area contributed by atoms with Crippen molar-refractivity contribution in [2.24, 2.45) is 5.92 Å². The second-order valence-corrected chi connectivity index (χ2v) is 11.7. The van der Waals surface area contributed by atoms with E-state index in [4.69, 9.17) is 0 Å². The molecule has 1 amide bonds. The van der Waals surface area contributed by atoms with Crippen LogP contribution < -0.4 is 0 Å². The van der Waals surface area contributed by atoms with E-state index in [9.17, 15) is 17.6 Å². The van der Waals surface area contributed by atoms with E-state index in [0.717, 1.165) is 11.1 Å². The van der Waals surface area contributed by atoms with Crippen LogP contribution in [-0.4, -0.2) is 35.3 Å². The Labute approximate surface area is 223 Å². The highest BCUT2D eigenvalue weighted by molar-refractivity contribution is 7.90. The van der Waals surface area contributed by atoms with Crippen LogP contribution in [0.3, 0.4) is 0 Å². The zero-order chi connectivity index (χ0) is 27.1. The van der Waals surface area contributed by atoms with Crippen molar-refractivity contribution >= 4 is 15.7 Å². The number of amides is 1. The summed E-state index contributed by atoms with van der Waals surface area (Å²) in [5.41, 5.74) is 2.49. The zero-order valence-corrected chi connectivity index (χ0v) is 22.4. The molecule has 0 N–H and O–H groups in total. The third-order valence-corrected chi connectivity index (χ3v) is 7.73. The topological polar surface area (TPSA) is 72.3 Å². The summed E-state index contributed by atoms with van der Waals surface area (Å²) in [6, 6.07) is 24.8. The number of halogens is 1. The Hall–Kier alpha value is -3.78. The summed E-state index contributed by atoms with van der Waals surface area (Å²) >= 11 is 0. The van der Waals surface area contributed by atoms with E-state index in [1.54, 1.807) is 15.5 Å². The first-order valence-electron chi connectivity index (χ1n) is 12.6. The molecular formula is C30H32FN3O3S. The molecule has 4 rings (SSSR count). The van der Waals surface area contributed by atoms with E-state index in [1.165, 1.54) is 24.4 Å². The SMILES string of the molecule is CC(C)CN(Cc1cnc(S(=O)(=O)Cc2ccccc2F)n1Cc1ccccc1)C(=O)Cc1ccccc1. The summed E-state index contributed by atoms with van der Waals surface area (Å²) in [6.45, 7) is 5.05. The Morgan fingerprint density at radius 2 is 1.53 bits per heavy atom. The number of hydrogen-bond acceptors (Lipinski definition) is 4. The number of sulfone groups is 1. The first-order valence-corrected chi connectivity index (χ1v) is 14.2. The molecule has 38 heavy (non-hydrogen) atoms. The van der Waals surface area contributed by atoms with Crippen molar-refractivity contribution in [1.29, 1.82) is 0 Å². The minimum atomic E-state index is -3.98. The molecule has 6 nitrogen and oxygen atoms in total. The number of carbonyl (C=O) groups is 1. The predicted molar refractivity (Wildman–Crippen MR) is 145 cm³/mol. The van der Waals surface area contributed by atoms with Crippen LogP contribution in [0, 0.1) is 11.7 Å². The average molecular weight is 534 g/mol. The molecule has 0 aliphatic rings. The molecule has 0 bridgehead atoms. The second kappa shape index (κ2) is 12.2. The quantitative estimate of drug-likeness (QED) is 0.263. The fraction of sp³-hybridized carbons (Fsp3) is 0.267. The molecule has 1 aromatic heterocycles. The molecule has 0 saturated heterocycles. The average Bonchev–Trinajstić information content (AvgIpc) is 3.29. The van der Waals surface area contributed by atoms with E-state index in [-0.39, 0.29) is 42.1 Å². The summed E-state index contributed by atoms with van der Waals surface area (Å²) in [7, 11) is -3.98. The highest BCUT2D eigenvalue weighted by Crippen LogP contribution is 2.22. The number of carbonyl (C=O) groups excluding carboxylic acids is 1. The highest BCUT2D eigenvalue weighted by atomic mass is 32.2. The van der Waals surface area contributed by atoms with Crippen LogP contribution in [-0.2, 0) is 39.9 Å². The molecule has 0 aliphatic carbocycles. The molecule has 4 aromatic rings. The summed E-state index contributed by atoms with van der Waals surface area (Å²) in [5, 5.41) is -0.139. The fourth-order valence-corrected chi connectivity index (χ4v) is 5.86. The largest absolute Gasteiger partial charge is 0.336 e. The predicted octanol–water partition coefficient (Wildman–Crippen LogP) is 5.27. The van der Waals surface area contributed by atoms with Gasteiger partial charge < -0.3 is 9.47 Å². The third-order valence-electron chi connectivity index (χ3n) is 6.16. The Kier molecular flexibility index (Phi) is 8.73. The van der Waals surface area contributed by atoms with Crippen LogP contribution in [0.15, 0.2) is 96.3 Å². The molecule has 8 heteroatoms. The van der Waals surface area contributed by atoms with Crippen LogP contribution in [0.5, 0.6) is 0 Å². The monoisotopic (exact) mass is 533 g/mol. The van der Waals surface area contributed by atoms with Gasteiger partial charge in [-0.1, -0.05) is 92.7 Å². The summed E-state index contributed by atoms with van der Waals surface area (Å²) in [4.78, 5) is 19.4. The normalized spacial score (nSPS) is 11.6. The lowest BCUT2D eigenvalue weighted by Gasteiger charge is -2.25. The van der Waals surface area contributed by atoms with Gasteiger partial charge in [-0.3, -0.25) is 4.79 Å². The third kappa shape index (κ3) is 6.95. The van der Waals surface area contributed by atoms with Gasteiger partial charge in [-0.2, -0.15) is 0 Å². The number of nitrogens with zero attached hydrogens (tertiary/aromatic N) is 3. The molecule has 0 saturated carbocycles. The van der Waals surface area contributed by atoms with Gasteiger partial charge in [-0.15, -0.1) is 0 Å². The lowest BCUT2D eigenvalue weighted by Crippen LogP contribution is -2.35. The Balaban J connectivity index is 1.69. The molecule has 0 aliphatic heterocycles. The van der Waals surface area contributed by atoms with Crippen LogP contribution in [0.4, 0.5) is 4.39 Å². The number of hydrogen-bond donors (Lipinski definition) is 0. The van der Waals surface area contributed by atoms with E-state index < -0.39 is 21.4 Å². The molecule has 0 unspecified atom stereocenters. The Morgan fingerprint density at radius 1 is 0.921 bits per heavy atom. The van der Waals surface area contributed by atoms with E-state index in [2.05, 4.69) is 4.98 Å². The lowest BCUT2D eigenvalue weighted by atomic mass is 10.1. The van der Waals surface area contributed by atoms with Gasteiger partial charge in [-0.05, 0) is 23.1 Å². The number of rotatable bonds is 11. The number of benzene rings is 3. The van der Waals surface area contributed by atoms with Crippen molar-refractivity contribution in [2.75, 3.05) is 6.54 Å². The summed E-state index contributed by atoms with van der Waals surface area (Å²) in [6.07, 6.45) is 1.76. The summed E-state index contributed by atoms with van der Waals surface area (Å²) < 4.78 is 42.9. The van der Waals surface area contributed by atoms with Gasteiger partial charge in [0.15, 0.2) is 0 Å². The minimum absolute atomic E-state index is 0.0480. The Morgan fingerprint density at radius 3 is 2.16 bits per heavy atom. The first kappa shape index (κ1) is 27.3. The van der Waals surface area contributed by atoms with Gasteiger partial charge in [0.2, 0.25) is 20.9 Å². The maximum Gasteiger partial charge on any atom is 0.228 e. The fourth-order valence-electron chi connectivity index (χ4n) is 4.36. The van der Waals surface area contributed by atoms with Crippen LogP contribution in [0.2, 0.25) is 0 Å². The van der Waals surface area contributed by atoms with Gasteiger partial charge in [0.25, 0.3) is 0 Å². The summed E-state index contributed by atoms with van der Waals surface area (Å²) in [5.74, 6) is -0.919. The molecule has 0 fully saturated rings. The molecule has 1 heterocycles. The molecule has 0 spiro atoms. The van der Waals surface area contributed by atoms with Gasteiger partial charge in [0.1, 0.15) is 5.82 Å². The molecule has 198 valence electrons. The van der Waals surface area contributed by atoms with Crippen molar-refractivity contribution < 1.29 is 17.6 Å². The number of aromatic nitrogens is 2. The van der Waals surface area contributed by atoms with Crippen LogP contribution in [0.1, 0.15) is 36.2 Å². The van der Waals surface area contributed by atoms with E-state index >= 15 is 0 Å². The Bertz CT molecular complexity index is 1470. The van der Waals surface area contributed by atoms with E-state index in [1.807, 2.05) is 74.5 Å². The van der Waals surface area contributed by atoms with Crippen molar-refractivity contribution in [3.8, 4) is 0 Å². The maximum absolute atomic E-state index is 14.3. The maximum atomic E-state index is 14.3. The second-order valence-electron chi connectivity index (χ2n) is 9.78. The first-order chi connectivity index (χ1) is 18.2. The molecular weight excluding hydrogens is 501 g/mol. The molecule has 0 radical (unpaired) electrons. The minimum Gasteiger partial charge on any atom is -0.336 e. The molecule has 0 atom stereocenters. The lowest BCUT2D eigenvalue weighted by molar-refractivity contribution is -0.131. The zero-order valence-electron chi connectivity index (χ0n) is 21.6. The van der Waals surface area contributed by atoms with Gasteiger partial charge in [0.05, 0.1) is 37.2 Å². The molecule has 3 aromatic carbocycles. The van der Waals surface area contributed by atoms with Crippen LogP contribution in [0.25, 0.3) is 0 Å².